The number of carbonyl (C=O) groups is 1. The summed E-state index contributed by atoms with van der Waals surface area (Å²) in [5, 5.41) is 2.92. The predicted molar refractivity (Wildman–Crippen MR) is 122 cm³/mol. The standard InChI is InChI=1S/C21H27BrN4O3S/c1-25-12-14-26(15-13-25)11-3-10-23-21(27)17-4-2-5-19(16-17)24-30(28,29)20-8-6-18(22)7-9-20/h2,4-9,16,24H,3,10-15H2,1H3,(H,23,27). The Labute approximate surface area is 186 Å². The first-order valence-corrected chi connectivity index (χ1v) is 12.2. The fourth-order valence-corrected chi connectivity index (χ4v) is 4.54. The van der Waals surface area contributed by atoms with Crippen molar-refractivity contribution in [2.75, 3.05) is 51.0 Å². The van der Waals surface area contributed by atoms with Crippen LogP contribution in [0.5, 0.6) is 0 Å². The van der Waals surface area contributed by atoms with Crippen molar-refractivity contribution in [1.82, 2.24) is 15.1 Å². The van der Waals surface area contributed by atoms with Gasteiger partial charge in [0.15, 0.2) is 0 Å². The number of likely N-dealkylation sites (N-methyl/N-ethyl adjacent to an activating group) is 1. The number of amides is 1. The smallest absolute Gasteiger partial charge is 0.261 e. The molecule has 2 aromatic carbocycles. The van der Waals surface area contributed by atoms with Gasteiger partial charge in [-0.05, 0) is 62.5 Å². The van der Waals surface area contributed by atoms with Crippen molar-refractivity contribution in [2.24, 2.45) is 0 Å². The lowest BCUT2D eigenvalue weighted by molar-refractivity contribution is 0.0949. The van der Waals surface area contributed by atoms with Crippen LogP contribution in [0.15, 0.2) is 57.9 Å². The van der Waals surface area contributed by atoms with E-state index in [9.17, 15) is 13.2 Å². The minimum atomic E-state index is -3.72. The third kappa shape index (κ3) is 6.53. The molecule has 0 unspecified atom stereocenters. The van der Waals surface area contributed by atoms with E-state index in [1.165, 1.54) is 12.1 Å². The fourth-order valence-electron chi connectivity index (χ4n) is 3.23. The van der Waals surface area contributed by atoms with Gasteiger partial charge >= 0.3 is 0 Å². The molecule has 1 aliphatic heterocycles. The van der Waals surface area contributed by atoms with E-state index in [2.05, 4.69) is 42.8 Å². The molecule has 7 nitrogen and oxygen atoms in total. The molecular formula is C21H27BrN4O3S. The number of carbonyl (C=O) groups excluding carboxylic acids is 1. The second-order valence-corrected chi connectivity index (χ2v) is 9.99. The van der Waals surface area contributed by atoms with Gasteiger partial charge in [0.1, 0.15) is 0 Å². The van der Waals surface area contributed by atoms with E-state index < -0.39 is 10.0 Å². The van der Waals surface area contributed by atoms with Crippen LogP contribution < -0.4 is 10.0 Å². The number of sulfonamides is 1. The van der Waals surface area contributed by atoms with E-state index in [0.29, 0.717) is 17.8 Å². The molecule has 1 amide bonds. The average molecular weight is 495 g/mol. The van der Waals surface area contributed by atoms with Crippen molar-refractivity contribution in [1.29, 1.82) is 0 Å². The highest BCUT2D eigenvalue weighted by atomic mass is 79.9. The van der Waals surface area contributed by atoms with Gasteiger partial charge in [0.25, 0.3) is 15.9 Å². The van der Waals surface area contributed by atoms with Crippen LogP contribution >= 0.6 is 15.9 Å². The molecule has 1 heterocycles. The number of piperazine rings is 1. The Bertz CT molecular complexity index is 958. The van der Waals surface area contributed by atoms with Crippen LogP contribution in [-0.4, -0.2) is 70.4 Å². The van der Waals surface area contributed by atoms with E-state index >= 15 is 0 Å². The van der Waals surface area contributed by atoms with E-state index in [1.54, 1.807) is 36.4 Å². The van der Waals surface area contributed by atoms with E-state index in [-0.39, 0.29) is 10.8 Å². The predicted octanol–water partition coefficient (Wildman–Crippen LogP) is 2.62. The molecule has 0 radical (unpaired) electrons. The average Bonchev–Trinajstić information content (AvgIpc) is 2.72. The lowest BCUT2D eigenvalue weighted by Gasteiger charge is -2.32. The van der Waals surface area contributed by atoms with Crippen LogP contribution in [0, 0.1) is 0 Å². The molecule has 162 valence electrons. The van der Waals surface area contributed by atoms with Crippen LogP contribution in [0.2, 0.25) is 0 Å². The molecule has 1 fully saturated rings. The van der Waals surface area contributed by atoms with Gasteiger partial charge in [0.05, 0.1) is 4.90 Å². The molecule has 3 rings (SSSR count). The van der Waals surface area contributed by atoms with E-state index in [0.717, 1.165) is 43.6 Å². The molecule has 0 aliphatic carbocycles. The van der Waals surface area contributed by atoms with Gasteiger partial charge < -0.3 is 15.1 Å². The quantitative estimate of drug-likeness (QED) is 0.551. The number of anilines is 1. The SMILES string of the molecule is CN1CCN(CCCNC(=O)c2cccc(NS(=O)(=O)c3ccc(Br)cc3)c2)CC1. The molecule has 0 atom stereocenters. The Hall–Kier alpha value is -1.94. The highest BCUT2D eigenvalue weighted by molar-refractivity contribution is 9.10. The van der Waals surface area contributed by atoms with Gasteiger partial charge in [-0.25, -0.2) is 8.42 Å². The summed E-state index contributed by atoms with van der Waals surface area (Å²) in [5.41, 5.74) is 0.772. The monoisotopic (exact) mass is 494 g/mol. The molecule has 2 N–H and O–H groups in total. The summed E-state index contributed by atoms with van der Waals surface area (Å²) in [6.45, 7) is 5.82. The highest BCUT2D eigenvalue weighted by Crippen LogP contribution is 2.19. The maximum atomic E-state index is 12.5. The van der Waals surface area contributed by atoms with Gasteiger partial charge in [-0.15, -0.1) is 0 Å². The van der Waals surface area contributed by atoms with Crippen LogP contribution in [0.4, 0.5) is 5.69 Å². The molecule has 30 heavy (non-hydrogen) atoms. The van der Waals surface area contributed by atoms with Gasteiger partial charge in [0.2, 0.25) is 0 Å². The van der Waals surface area contributed by atoms with Gasteiger partial charge in [0, 0.05) is 48.4 Å². The van der Waals surface area contributed by atoms with E-state index in [4.69, 9.17) is 0 Å². The summed E-state index contributed by atoms with van der Waals surface area (Å²) >= 11 is 3.29. The molecule has 0 bridgehead atoms. The number of hydrogen-bond donors (Lipinski definition) is 2. The number of nitrogens with zero attached hydrogens (tertiary/aromatic N) is 2. The second kappa shape index (κ2) is 10.4. The van der Waals surface area contributed by atoms with Crippen molar-refractivity contribution in [3.63, 3.8) is 0 Å². The zero-order chi connectivity index (χ0) is 21.6. The molecule has 1 saturated heterocycles. The number of halogens is 1. The Balaban J connectivity index is 1.51. The van der Waals surface area contributed by atoms with E-state index in [1.807, 2.05) is 0 Å². The van der Waals surface area contributed by atoms with Crippen molar-refractivity contribution >= 4 is 37.5 Å². The fraction of sp³-hybridized carbons (Fsp3) is 0.381. The zero-order valence-electron chi connectivity index (χ0n) is 17.0. The first kappa shape index (κ1) is 22.7. The van der Waals surface area contributed by atoms with Crippen molar-refractivity contribution in [3.05, 3.63) is 58.6 Å². The van der Waals surface area contributed by atoms with Gasteiger partial charge in [-0.3, -0.25) is 9.52 Å². The van der Waals surface area contributed by atoms with Crippen LogP contribution in [0.3, 0.4) is 0 Å². The Morgan fingerprint density at radius 3 is 2.47 bits per heavy atom. The molecular weight excluding hydrogens is 468 g/mol. The summed E-state index contributed by atoms with van der Waals surface area (Å²) in [5.74, 6) is -0.210. The number of hydrogen-bond acceptors (Lipinski definition) is 5. The summed E-state index contributed by atoms with van der Waals surface area (Å²) < 4.78 is 28.4. The maximum Gasteiger partial charge on any atom is 0.261 e. The van der Waals surface area contributed by atoms with Crippen molar-refractivity contribution in [2.45, 2.75) is 11.3 Å². The summed E-state index contributed by atoms with van der Waals surface area (Å²) in [7, 11) is -1.59. The second-order valence-electron chi connectivity index (χ2n) is 7.39. The first-order valence-electron chi connectivity index (χ1n) is 9.91. The molecule has 1 aliphatic rings. The minimum Gasteiger partial charge on any atom is -0.352 e. The summed E-state index contributed by atoms with van der Waals surface area (Å²) in [4.78, 5) is 17.3. The molecule has 9 heteroatoms. The van der Waals surface area contributed by atoms with Gasteiger partial charge in [-0.1, -0.05) is 22.0 Å². The summed E-state index contributed by atoms with van der Waals surface area (Å²) in [6.07, 6.45) is 0.880. The van der Waals surface area contributed by atoms with Crippen molar-refractivity contribution < 1.29 is 13.2 Å². The normalized spacial score (nSPS) is 15.7. The summed E-state index contributed by atoms with van der Waals surface area (Å²) in [6, 6.07) is 12.9. The molecule has 0 spiro atoms. The van der Waals surface area contributed by atoms with Crippen molar-refractivity contribution in [3.8, 4) is 0 Å². The Morgan fingerprint density at radius 1 is 1.07 bits per heavy atom. The zero-order valence-corrected chi connectivity index (χ0v) is 19.4. The van der Waals surface area contributed by atoms with Gasteiger partial charge in [-0.2, -0.15) is 0 Å². The minimum absolute atomic E-state index is 0.157. The third-order valence-corrected chi connectivity index (χ3v) is 6.96. The lowest BCUT2D eigenvalue weighted by Crippen LogP contribution is -2.45. The van der Waals surface area contributed by atoms with Crippen LogP contribution in [0.1, 0.15) is 16.8 Å². The molecule has 2 aromatic rings. The largest absolute Gasteiger partial charge is 0.352 e. The molecule has 0 aromatic heterocycles. The third-order valence-electron chi connectivity index (χ3n) is 5.03. The lowest BCUT2D eigenvalue weighted by atomic mass is 10.2. The number of benzene rings is 2. The van der Waals surface area contributed by atoms with Crippen LogP contribution in [-0.2, 0) is 10.0 Å². The Morgan fingerprint density at radius 2 is 1.77 bits per heavy atom. The van der Waals surface area contributed by atoms with Crippen LogP contribution in [0.25, 0.3) is 0 Å². The Kier molecular flexibility index (Phi) is 7.87. The molecule has 0 saturated carbocycles. The highest BCUT2D eigenvalue weighted by Gasteiger charge is 2.16. The number of nitrogens with one attached hydrogen (secondary N) is 2. The maximum absolute atomic E-state index is 12.5. The first-order chi connectivity index (χ1) is 14.3. The number of rotatable bonds is 8. The topological polar surface area (TPSA) is 81.8 Å².